The van der Waals surface area contributed by atoms with E-state index in [0.717, 1.165) is 99.5 Å². The van der Waals surface area contributed by atoms with E-state index in [2.05, 4.69) is 244 Å². The Morgan fingerprint density at radius 3 is 0.985 bits per heavy atom. The smallest absolute Gasteiger partial charge is 0.178 e. The van der Waals surface area contributed by atoms with Crippen molar-refractivity contribution in [2.45, 2.75) is 39.5 Å². The number of hydrogen-bond donors (Lipinski definition) is 0. The predicted octanol–water partition coefficient (Wildman–Crippen LogP) is 19.3. The fourth-order valence-electron chi connectivity index (χ4n) is 11.1. The molecule has 0 amide bonds. The molecule has 11 aromatic carbocycles. The number of benzene rings is 11. The van der Waals surface area contributed by atoms with Gasteiger partial charge in [0.05, 0.1) is 22.7 Å². The highest BCUT2D eigenvalue weighted by molar-refractivity contribution is 6.30. The molecule has 0 fully saturated rings. The Hall–Kier alpha value is -8.34. The molecule has 4 nitrogen and oxygen atoms in total. The summed E-state index contributed by atoms with van der Waals surface area (Å²) in [7, 11) is 0. The number of nitrogens with zero attached hydrogens (tertiary/aromatic N) is 2. The van der Waals surface area contributed by atoms with Crippen LogP contribution in [0.1, 0.15) is 50.7 Å². The Morgan fingerprint density at radius 1 is 0.294 bits per heavy atom. The highest BCUT2D eigenvalue weighted by Crippen LogP contribution is 2.51. The second kappa shape index (κ2) is 15.6. The summed E-state index contributed by atoms with van der Waals surface area (Å²) in [6.45, 7) is 9.09. The summed E-state index contributed by atoms with van der Waals surface area (Å²) in [6, 6.07) is 74.7. The van der Waals surface area contributed by atoms with Crippen molar-refractivity contribution in [2.24, 2.45) is 0 Å². The van der Waals surface area contributed by atoms with E-state index in [1.165, 1.54) is 32.7 Å². The van der Waals surface area contributed by atoms with Crippen LogP contribution in [0.3, 0.4) is 0 Å². The Balaban J connectivity index is 1.07. The van der Waals surface area contributed by atoms with Gasteiger partial charge in [0.15, 0.2) is 11.2 Å². The molecule has 13 aromatic rings. The maximum atomic E-state index is 7.18. The summed E-state index contributed by atoms with van der Waals surface area (Å²) >= 11 is 0. The van der Waals surface area contributed by atoms with Gasteiger partial charge in [-0.05, 0) is 93.0 Å². The monoisotopic (exact) mass is 876 g/mol. The number of fused-ring (bicyclic) bond motifs is 13. The van der Waals surface area contributed by atoms with Gasteiger partial charge < -0.3 is 18.6 Å². The fourth-order valence-corrected chi connectivity index (χ4v) is 11.1. The van der Waals surface area contributed by atoms with Gasteiger partial charge in [0.25, 0.3) is 0 Å². The van der Waals surface area contributed by atoms with Crippen molar-refractivity contribution in [1.29, 1.82) is 0 Å². The van der Waals surface area contributed by atoms with E-state index in [-0.39, 0.29) is 0 Å². The first-order chi connectivity index (χ1) is 33.4. The molecule has 2 heterocycles. The topological polar surface area (TPSA) is 32.8 Å². The molecule has 0 radical (unpaired) electrons. The summed E-state index contributed by atoms with van der Waals surface area (Å²) in [5.74, 6) is 0.772. The van der Waals surface area contributed by atoms with Gasteiger partial charge in [-0.25, -0.2) is 0 Å². The van der Waals surface area contributed by atoms with Crippen LogP contribution in [0.25, 0.3) is 87.0 Å². The maximum Gasteiger partial charge on any atom is 0.178 e. The maximum absolute atomic E-state index is 7.18. The first-order valence-corrected chi connectivity index (χ1v) is 23.8. The van der Waals surface area contributed by atoms with E-state index < -0.39 is 0 Å². The van der Waals surface area contributed by atoms with E-state index in [0.29, 0.717) is 11.8 Å². The molecule has 68 heavy (non-hydrogen) atoms. The van der Waals surface area contributed by atoms with Gasteiger partial charge in [-0.2, -0.15) is 0 Å². The highest BCUT2D eigenvalue weighted by Gasteiger charge is 2.26. The number of furan rings is 2. The van der Waals surface area contributed by atoms with Gasteiger partial charge in [-0.3, -0.25) is 0 Å². The zero-order valence-corrected chi connectivity index (χ0v) is 38.5. The van der Waals surface area contributed by atoms with Crippen molar-refractivity contribution in [2.75, 3.05) is 9.80 Å². The van der Waals surface area contributed by atoms with Crippen LogP contribution < -0.4 is 9.80 Å². The van der Waals surface area contributed by atoms with Crippen LogP contribution in [-0.4, -0.2) is 0 Å². The highest BCUT2D eigenvalue weighted by atomic mass is 16.4. The zero-order chi connectivity index (χ0) is 45.6. The first kappa shape index (κ1) is 40.0. The molecular weight excluding hydrogens is 829 g/mol. The van der Waals surface area contributed by atoms with Gasteiger partial charge in [0.1, 0.15) is 11.2 Å². The SMILES string of the molecule is CC(C)c1ccc(N(c2ccccc2)c2cc3oc4c(ccc5c4oc4cc(N(c6ccccc6)c6ccc(C(C)C)c7ccccc67)c6ccccc6c45)c3c3ccccc23)c2ccccc12. The average molecular weight is 877 g/mol. The van der Waals surface area contributed by atoms with Gasteiger partial charge in [0.2, 0.25) is 0 Å². The molecule has 0 aliphatic heterocycles. The third-order valence-corrected chi connectivity index (χ3v) is 14.2. The summed E-state index contributed by atoms with van der Waals surface area (Å²) in [5, 5.41) is 13.7. The van der Waals surface area contributed by atoms with E-state index in [9.17, 15) is 0 Å². The van der Waals surface area contributed by atoms with Gasteiger partial charge >= 0.3 is 0 Å². The van der Waals surface area contributed by atoms with Crippen molar-refractivity contribution in [3.05, 3.63) is 217 Å². The molecule has 4 heteroatoms. The Labute approximate surface area is 394 Å². The lowest BCUT2D eigenvalue weighted by atomic mass is 9.94. The van der Waals surface area contributed by atoms with Crippen LogP contribution in [0.5, 0.6) is 0 Å². The summed E-state index contributed by atoms with van der Waals surface area (Å²) in [6.07, 6.45) is 0. The Bertz CT molecular complexity index is 3840. The fraction of sp³-hybridized carbons (Fsp3) is 0.0938. The van der Waals surface area contributed by atoms with Crippen LogP contribution in [0, 0.1) is 0 Å². The minimum Gasteiger partial charge on any atom is -0.452 e. The normalized spacial score (nSPS) is 12.1. The number of hydrogen-bond acceptors (Lipinski definition) is 4. The lowest BCUT2D eigenvalue weighted by Gasteiger charge is -2.29. The molecule has 0 atom stereocenters. The lowest BCUT2D eigenvalue weighted by Crippen LogP contribution is -2.11. The summed E-state index contributed by atoms with van der Waals surface area (Å²) in [5.41, 5.74) is 12.3. The van der Waals surface area contributed by atoms with Crippen molar-refractivity contribution in [3.8, 4) is 0 Å². The number of para-hydroxylation sites is 2. The second-order valence-corrected chi connectivity index (χ2v) is 18.7. The minimum atomic E-state index is 0.386. The zero-order valence-electron chi connectivity index (χ0n) is 38.5. The Kier molecular flexibility index (Phi) is 9.20. The van der Waals surface area contributed by atoms with Crippen molar-refractivity contribution < 1.29 is 8.83 Å². The molecule has 326 valence electrons. The average Bonchev–Trinajstić information content (AvgIpc) is 3.96. The van der Waals surface area contributed by atoms with Crippen LogP contribution in [0.2, 0.25) is 0 Å². The molecule has 0 bridgehead atoms. The van der Waals surface area contributed by atoms with E-state index in [4.69, 9.17) is 8.83 Å². The molecule has 0 N–H and O–H groups in total. The van der Waals surface area contributed by atoms with Gasteiger partial charge in [-0.1, -0.05) is 173 Å². The third-order valence-electron chi connectivity index (χ3n) is 14.2. The standard InChI is InChI=1S/C64H48N2O2/c1-39(2)43-33-35-55(47-25-13-11-23-45(43)47)65(41-19-7-5-8-20-41)57-37-59-61(51-29-17-15-27-49(51)57)53-31-32-54-62-52-30-18-16-28-50(52)58(38-60(62)68-64(54)63(53)67-59)66(42-21-9-6-10-22-42)56-36-34-44(40(3)4)46-24-12-14-26-48(46)56/h5-40H,1-4H3. The molecule has 0 saturated carbocycles. The molecule has 2 aromatic heterocycles. The van der Waals surface area contributed by atoms with Crippen molar-refractivity contribution in [1.82, 2.24) is 0 Å². The summed E-state index contributed by atoms with van der Waals surface area (Å²) < 4.78 is 14.4. The van der Waals surface area contributed by atoms with Crippen LogP contribution in [0.4, 0.5) is 34.1 Å². The van der Waals surface area contributed by atoms with E-state index >= 15 is 0 Å². The molecular formula is C64H48N2O2. The third kappa shape index (κ3) is 6.07. The van der Waals surface area contributed by atoms with E-state index in [1.54, 1.807) is 0 Å². The molecule has 0 aliphatic rings. The van der Waals surface area contributed by atoms with Crippen LogP contribution in [-0.2, 0) is 0 Å². The first-order valence-electron chi connectivity index (χ1n) is 23.8. The Morgan fingerprint density at radius 2 is 0.618 bits per heavy atom. The molecule has 0 saturated heterocycles. The molecule has 0 spiro atoms. The number of anilines is 6. The van der Waals surface area contributed by atoms with Crippen LogP contribution >= 0.6 is 0 Å². The number of rotatable bonds is 8. The minimum absolute atomic E-state index is 0.386. The van der Waals surface area contributed by atoms with Crippen molar-refractivity contribution in [3.63, 3.8) is 0 Å². The van der Waals surface area contributed by atoms with E-state index in [1.807, 2.05) is 0 Å². The van der Waals surface area contributed by atoms with Gasteiger partial charge in [-0.15, -0.1) is 0 Å². The predicted molar refractivity (Wildman–Crippen MR) is 289 cm³/mol. The quantitative estimate of drug-likeness (QED) is 0.152. The van der Waals surface area contributed by atoms with Crippen LogP contribution in [0.15, 0.2) is 215 Å². The second-order valence-electron chi connectivity index (χ2n) is 18.7. The lowest BCUT2D eigenvalue weighted by molar-refractivity contribution is 0.633. The summed E-state index contributed by atoms with van der Waals surface area (Å²) in [4.78, 5) is 4.81. The van der Waals surface area contributed by atoms with Crippen molar-refractivity contribution >= 4 is 121 Å². The molecule has 0 unspecified atom stereocenters. The largest absolute Gasteiger partial charge is 0.452 e. The van der Waals surface area contributed by atoms with Gasteiger partial charge in [0, 0.05) is 66.6 Å². The molecule has 0 aliphatic carbocycles. The molecule has 13 rings (SSSR count).